The number of carbonyl (C=O) groups excluding carboxylic acids is 1. The van der Waals surface area contributed by atoms with Crippen molar-refractivity contribution in [3.05, 3.63) is 63.8 Å². The lowest BCUT2D eigenvalue weighted by atomic mass is 10.1. The highest BCUT2D eigenvalue weighted by Crippen LogP contribution is 2.21. The number of nitrogens with one attached hydrogen (secondary N) is 2. The van der Waals surface area contributed by atoms with Gasteiger partial charge >= 0.3 is 6.18 Å². The van der Waals surface area contributed by atoms with E-state index in [4.69, 9.17) is 0 Å². The van der Waals surface area contributed by atoms with Gasteiger partial charge in [0, 0.05) is 39.8 Å². The first-order chi connectivity index (χ1) is 15.7. The Morgan fingerprint density at radius 3 is 2.55 bits per heavy atom. The summed E-state index contributed by atoms with van der Waals surface area (Å²) in [7, 11) is 1.56. The van der Waals surface area contributed by atoms with Gasteiger partial charge in [-0.25, -0.2) is 9.97 Å². The van der Waals surface area contributed by atoms with Gasteiger partial charge in [-0.15, -0.1) is 0 Å². The first-order valence-corrected chi connectivity index (χ1v) is 10.5. The number of pyridine rings is 1. The van der Waals surface area contributed by atoms with Gasteiger partial charge in [0.25, 0.3) is 11.5 Å². The predicted molar refractivity (Wildman–Crippen MR) is 117 cm³/mol. The van der Waals surface area contributed by atoms with E-state index in [-0.39, 0.29) is 5.91 Å². The number of alkyl halides is 3. The Kier molecular flexibility index (Phi) is 6.32. The van der Waals surface area contributed by atoms with Crippen molar-refractivity contribution in [2.75, 3.05) is 38.1 Å². The van der Waals surface area contributed by atoms with Crippen molar-refractivity contribution >= 4 is 22.6 Å². The zero-order valence-corrected chi connectivity index (χ0v) is 17.9. The first-order valence-electron chi connectivity index (χ1n) is 10.5. The Hall–Kier alpha value is -3.47. The molecular formula is C22H23F3N6O2. The van der Waals surface area contributed by atoms with Crippen LogP contribution in [0.2, 0.25) is 0 Å². The maximum absolute atomic E-state index is 12.6. The molecule has 1 aliphatic heterocycles. The molecule has 1 aromatic carbocycles. The number of piperazine rings is 1. The topological polar surface area (TPSA) is 94.2 Å². The van der Waals surface area contributed by atoms with Crippen LogP contribution in [0.3, 0.4) is 0 Å². The fourth-order valence-electron chi connectivity index (χ4n) is 3.84. The molecular weight excluding hydrogens is 437 g/mol. The monoisotopic (exact) mass is 460 g/mol. The number of halogens is 3. The number of nitrogens with zero attached hydrogens (tertiary/aromatic N) is 4. The Morgan fingerprint density at radius 2 is 1.91 bits per heavy atom. The van der Waals surface area contributed by atoms with Gasteiger partial charge in [-0.3, -0.25) is 14.5 Å². The van der Waals surface area contributed by atoms with Crippen LogP contribution in [-0.2, 0) is 13.0 Å². The summed E-state index contributed by atoms with van der Waals surface area (Å²) < 4.78 is 37.9. The quantitative estimate of drug-likeness (QED) is 0.606. The lowest BCUT2D eigenvalue weighted by Crippen LogP contribution is -2.46. The van der Waals surface area contributed by atoms with Crippen molar-refractivity contribution in [1.29, 1.82) is 0 Å². The Balaban J connectivity index is 1.39. The van der Waals surface area contributed by atoms with E-state index in [0.717, 1.165) is 37.4 Å². The van der Waals surface area contributed by atoms with Gasteiger partial charge in [0.2, 0.25) is 0 Å². The van der Waals surface area contributed by atoms with E-state index in [1.54, 1.807) is 31.4 Å². The summed E-state index contributed by atoms with van der Waals surface area (Å²) in [6.07, 6.45) is -4.15. The van der Waals surface area contributed by atoms with Crippen LogP contribution in [0.25, 0.3) is 11.0 Å². The van der Waals surface area contributed by atoms with Crippen LogP contribution in [0, 0.1) is 0 Å². The first kappa shape index (κ1) is 22.7. The molecule has 33 heavy (non-hydrogen) atoms. The summed E-state index contributed by atoms with van der Waals surface area (Å²) in [6, 6.07) is 8.79. The molecule has 0 saturated carbocycles. The number of anilines is 1. The van der Waals surface area contributed by atoms with Gasteiger partial charge in [-0.05, 0) is 29.8 Å². The summed E-state index contributed by atoms with van der Waals surface area (Å²) in [5.74, 6) is -0.227. The fraction of sp³-hybridized carbons (Fsp3) is 0.364. The molecule has 4 rings (SSSR count). The van der Waals surface area contributed by atoms with E-state index in [0.29, 0.717) is 23.3 Å². The highest BCUT2D eigenvalue weighted by atomic mass is 19.4. The van der Waals surface area contributed by atoms with Crippen molar-refractivity contribution in [2.45, 2.75) is 19.1 Å². The second-order valence-electron chi connectivity index (χ2n) is 7.90. The third-order valence-corrected chi connectivity index (χ3v) is 5.55. The molecule has 1 amide bonds. The number of H-pyrrole nitrogens is 1. The minimum absolute atomic E-state index is 0.227. The summed E-state index contributed by atoms with van der Waals surface area (Å²) in [4.78, 5) is 38.7. The second-order valence-corrected chi connectivity index (χ2v) is 7.90. The summed E-state index contributed by atoms with van der Waals surface area (Å²) >= 11 is 0. The Bertz CT molecular complexity index is 1200. The molecule has 0 radical (unpaired) electrons. The van der Waals surface area contributed by atoms with Crippen LogP contribution in [0.4, 0.5) is 18.9 Å². The number of rotatable bonds is 5. The summed E-state index contributed by atoms with van der Waals surface area (Å²) in [6.45, 7) is 3.81. The molecule has 0 aliphatic carbocycles. The molecule has 8 nitrogen and oxygen atoms in total. The van der Waals surface area contributed by atoms with Crippen molar-refractivity contribution in [3.63, 3.8) is 0 Å². The van der Waals surface area contributed by atoms with E-state index in [1.807, 2.05) is 12.1 Å². The van der Waals surface area contributed by atoms with Gasteiger partial charge in [0.05, 0.1) is 29.3 Å². The van der Waals surface area contributed by atoms with Crippen LogP contribution in [0.1, 0.15) is 21.7 Å². The molecule has 1 saturated heterocycles. The average Bonchev–Trinajstić information content (AvgIpc) is 2.79. The van der Waals surface area contributed by atoms with Gasteiger partial charge in [0.15, 0.2) is 0 Å². The lowest BCUT2D eigenvalue weighted by Gasteiger charge is -2.36. The van der Waals surface area contributed by atoms with E-state index < -0.39 is 23.9 Å². The maximum atomic E-state index is 12.6. The molecule has 11 heteroatoms. The lowest BCUT2D eigenvalue weighted by molar-refractivity contribution is -0.128. The number of aromatic amines is 1. The van der Waals surface area contributed by atoms with Crippen LogP contribution in [-0.4, -0.2) is 65.2 Å². The van der Waals surface area contributed by atoms with E-state index in [9.17, 15) is 22.8 Å². The standard InChI is InChI=1S/C22H23F3N6O2/c1-26-20(32)17-5-3-15(12-27-17)31-8-6-30(7-9-31)13-14-2-4-16-18(10-14)29-21(33)19(28-16)11-22(23,24)25/h2-5,10,12H,6-9,11,13H2,1H3,(H,26,32)(H,29,33). The minimum Gasteiger partial charge on any atom is -0.368 e. The number of aromatic nitrogens is 3. The van der Waals surface area contributed by atoms with Crippen molar-refractivity contribution in [3.8, 4) is 0 Å². The van der Waals surface area contributed by atoms with Crippen LogP contribution >= 0.6 is 0 Å². The van der Waals surface area contributed by atoms with E-state index in [2.05, 4.69) is 30.1 Å². The predicted octanol–water partition coefficient (Wildman–Crippen LogP) is 2.10. The average molecular weight is 460 g/mol. The van der Waals surface area contributed by atoms with Crippen LogP contribution < -0.4 is 15.8 Å². The number of carbonyl (C=O) groups is 1. The minimum atomic E-state index is -4.49. The molecule has 0 bridgehead atoms. The smallest absolute Gasteiger partial charge is 0.368 e. The van der Waals surface area contributed by atoms with Crippen molar-refractivity contribution < 1.29 is 18.0 Å². The maximum Gasteiger partial charge on any atom is 0.394 e. The molecule has 2 aromatic heterocycles. The zero-order chi connectivity index (χ0) is 23.6. The number of amides is 1. The summed E-state index contributed by atoms with van der Waals surface area (Å²) in [5.41, 5.74) is 1.66. The van der Waals surface area contributed by atoms with Gasteiger partial charge < -0.3 is 15.2 Å². The number of benzene rings is 1. The molecule has 2 N–H and O–H groups in total. The van der Waals surface area contributed by atoms with Gasteiger partial charge in [0.1, 0.15) is 11.4 Å². The molecule has 0 atom stereocenters. The van der Waals surface area contributed by atoms with Crippen molar-refractivity contribution in [1.82, 2.24) is 25.2 Å². The molecule has 1 fully saturated rings. The van der Waals surface area contributed by atoms with E-state index >= 15 is 0 Å². The highest BCUT2D eigenvalue weighted by molar-refractivity contribution is 5.92. The van der Waals surface area contributed by atoms with E-state index in [1.165, 1.54) is 0 Å². The summed E-state index contributed by atoms with van der Waals surface area (Å²) in [5, 5.41) is 2.54. The van der Waals surface area contributed by atoms with Crippen LogP contribution in [0.5, 0.6) is 0 Å². The molecule has 174 valence electrons. The molecule has 3 heterocycles. The fourth-order valence-corrected chi connectivity index (χ4v) is 3.84. The number of hydrogen-bond donors (Lipinski definition) is 2. The SMILES string of the molecule is CNC(=O)c1ccc(N2CCN(Cc3ccc4nc(CC(F)(F)F)c(=O)[nH]c4c3)CC2)cn1. The molecule has 3 aromatic rings. The molecule has 0 spiro atoms. The third kappa shape index (κ3) is 5.48. The Morgan fingerprint density at radius 1 is 1.15 bits per heavy atom. The third-order valence-electron chi connectivity index (χ3n) is 5.55. The molecule has 1 aliphatic rings. The number of fused-ring (bicyclic) bond motifs is 1. The molecule has 0 unspecified atom stereocenters. The van der Waals surface area contributed by atoms with Gasteiger partial charge in [-0.2, -0.15) is 13.2 Å². The zero-order valence-electron chi connectivity index (χ0n) is 17.9. The normalized spacial score (nSPS) is 15.1. The van der Waals surface area contributed by atoms with Crippen LogP contribution in [0.15, 0.2) is 41.3 Å². The van der Waals surface area contributed by atoms with Crippen molar-refractivity contribution in [2.24, 2.45) is 0 Å². The number of hydrogen-bond acceptors (Lipinski definition) is 6. The Labute approximate surface area is 187 Å². The highest BCUT2D eigenvalue weighted by Gasteiger charge is 2.30. The largest absolute Gasteiger partial charge is 0.394 e. The van der Waals surface area contributed by atoms with Gasteiger partial charge in [-0.1, -0.05) is 6.07 Å². The second kappa shape index (κ2) is 9.18.